The standard InChI is InChI=1S/C11H19N5O2/c1-17-10-14-9(15-11(16-10)18-2)13-8-5-3-4-7(8)6-12/h7-8H,3-6,12H2,1-2H3,(H,13,14,15,16). The van der Waals surface area contributed by atoms with Gasteiger partial charge in [0, 0.05) is 6.04 Å². The summed E-state index contributed by atoms with van der Waals surface area (Å²) in [5, 5.41) is 3.29. The second kappa shape index (κ2) is 5.81. The van der Waals surface area contributed by atoms with E-state index < -0.39 is 0 Å². The van der Waals surface area contributed by atoms with E-state index in [0.29, 0.717) is 24.5 Å². The molecule has 0 aromatic carbocycles. The van der Waals surface area contributed by atoms with Gasteiger partial charge in [-0.05, 0) is 25.3 Å². The van der Waals surface area contributed by atoms with Crippen molar-refractivity contribution in [1.82, 2.24) is 15.0 Å². The normalized spacial score (nSPS) is 22.8. The van der Waals surface area contributed by atoms with Gasteiger partial charge in [-0.25, -0.2) is 0 Å². The number of aromatic nitrogens is 3. The summed E-state index contributed by atoms with van der Waals surface area (Å²) in [5.41, 5.74) is 5.75. The summed E-state index contributed by atoms with van der Waals surface area (Å²) in [7, 11) is 3.02. The molecule has 0 amide bonds. The van der Waals surface area contributed by atoms with E-state index >= 15 is 0 Å². The maximum absolute atomic E-state index is 5.75. The highest BCUT2D eigenvalue weighted by Crippen LogP contribution is 2.27. The lowest BCUT2D eigenvalue weighted by Gasteiger charge is -2.19. The van der Waals surface area contributed by atoms with Gasteiger partial charge in [-0.1, -0.05) is 6.42 Å². The topological polar surface area (TPSA) is 95.2 Å². The van der Waals surface area contributed by atoms with Gasteiger partial charge in [0.1, 0.15) is 0 Å². The zero-order valence-electron chi connectivity index (χ0n) is 10.7. The highest BCUT2D eigenvalue weighted by atomic mass is 16.5. The summed E-state index contributed by atoms with van der Waals surface area (Å²) in [5.74, 6) is 0.947. The van der Waals surface area contributed by atoms with Crippen molar-refractivity contribution in [2.75, 3.05) is 26.1 Å². The molecule has 2 atom stereocenters. The van der Waals surface area contributed by atoms with Gasteiger partial charge in [0.25, 0.3) is 0 Å². The van der Waals surface area contributed by atoms with E-state index in [-0.39, 0.29) is 12.0 Å². The molecule has 0 bridgehead atoms. The Hall–Kier alpha value is -1.63. The third kappa shape index (κ3) is 2.79. The Kier molecular flexibility index (Phi) is 4.14. The number of nitrogens with one attached hydrogen (secondary N) is 1. The highest BCUT2D eigenvalue weighted by Gasteiger charge is 2.26. The van der Waals surface area contributed by atoms with Crippen LogP contribution >= 0.6 is 0 Å². The monoisotopic (exact) mass is 253 g/mol. The Morgan fingerprint density at radius 3 is 2.39 bits per heavy atom. The second-order valence-electron chi connectivity index (χ2n) is 4.31. The van der Waals surface area contributed by atoms with E-state index in [0.717, 1.165) is 12.8 Å². The van der Waals surface area contributed by atoms with Gasteiger partial charge in [0.05, 0.1) is 14.2 Å². The lowest BCUT2D eigenvalue weighted by Crippen LogP contribution is -2.30. The molecule has 18 heavy (non-hydrogen) atoms. The number of ether oxygens (including phenoxy) is 2. The molecule has 1 aliphatic carbocycles. The Morgan fingerprint density at radius 1 is 1.17 bits per heavy atom. The molecule has 1 aromatic rings. The molecule has 7 heteroatoms. The summed E-state index contributed by atoms with van der Waals surface area (Å²) < 4.78 is 10.0. The Morgan fingerprint density at radius 2 is 1.83 bits per heavy atom. The Bertz CT molecular complexity index is 379. The SMILES string of the molecule is COc1nc(NC2CCCC2CN)nc(OC)n1. The van der Waals surface area contributed by atoms with Crippen molar-refractivity contribution in [3.8, 4) is 12.0 Å². The lowest BCUT2D eigenvalue weighted by molar-refractivity contribution is 0.340. The lowest BCUT2D eigenvalue weighted by atomic mass is 10.0. The minimum absolute atomic E-state index is 0.242. The number of nitrogens with zero attached hydrogens (tertiary/aromatic N) is 3. The van der Waals surface area contributed by atoms with Crippen LogP contribution in [0.5, 0.6) is 12.0 Å². The first-order valence-electron chi connectivity index (χ1n) is 6.07. The van der Waals surface area contributed by atoms with Crippen molar-refractivity contribution in [1.29, 1.82) is 0 Å². The first kappa shape index (κ1) is 12.8. The Labute approximate surface area is 106 Å². The molecule has 7 nitrogen and oxygen atoms in total. The molecular weight excluding hydrogens is 234 g/mol. The maximum atomic E-state index is 5.75. The van der Waals surface area contributed by atoms with Gasteiger partial charge in [-0.3, -0.25) is 0 Å². The zero-order chi connectivity index (χ0) is 13.0. The predicted octanol–water partition coefficient (Wildman–Crippen LogP) is 0.428. The number of anilines is 1. The van der Waals surface area contributed by atoms with E-state index in [2.05, 4.69) is 20.3 Å². The van der Waals surface area contributed by atoms with Gasteiger partial charge in [-0.15, -0.1) is 4.98 Å². The average Bonchev–Trinajstić information content (AvgIpc) is 2.85. The van der Waals surface area contributed by atoms with Crippen molar-refractivity contribution >= 4 is 5.95 Å². The summed E-state index contributed by atoms with van der Waals surface area (Å²) in [6.45, 7) is 0.678. The molecule has 0 aliphatic heterocycles. The fourth-order valence-corrected chi connectivity index (χ4v) is 2.26. The molecule has 0 spiro atoms. The Balaban J connectivity index is 2.12. The zero-order valence-corrected chi connectivity index (χ0v) is 10.7. The first-order chi connectivity index (χ1) is 8.76. The van der Waals surface area contributed by atoms with E-state index in [1.165, 1.54) is 20.6 Å². The molecule has 1 aromatic heterocycles. The molecule has 1 aliphatic rings. The molecule has 0 saturated heterocycles. The van der Waals surface area contributed by atoms with Crippen molar-refractivity contribution < 1.29 is 9.47 Å². The molecular formula is C11H19N5O2. The van der Waals surface area contributed by atoms with Crippen LogP contribution in [0.1, 0.15) is 19.3 Å². The molecule has 3 N–H and O–H groups in total. The molecule has 1 heterocycles. The molecule has 2 unspecified atom stereocenters. The predicted molar refractivity (Wildman–Crippen MR) is 66.7 cm³/mol. The molecule has 100 valence electrons. The van der Waals surface area contributed by atoms with E-state index in [1.807, 2.05) is 0 Å². The highest BCUT2D eigenvalue weighted by molar-refractivity contribution is 5.29. The van der Waals surface area contributed by atoms with Crippen LogP contribution in [0.15, 0.2) is 0 Å². The number of hydrogen-bond acceptors (Lipinski definition) is 7. The minimum atomic E-state index is 0.242. The van der Waals surface area contributed by atoms with Gasteiger partial charge in [0.2, 0.25) is 5.95 Å². The van der Waals surface area contributed by atoms with Crippen LogP contribution in [-0.2, 0) is 0 Å². The van der Waals surface area contributed by atoms with Crippen molar-refractivity contribution in [2.45, 2.75) is 25.3 Å². The number of hydrogen-bond donors (Lipinski definition) is 2. The average molecular weight is 253 g/mol. The van der Waals surface area contributed by atoms with E-state index in [1.54, 1.807) is 0 Å². The van der Waals surface area contributed by atoms with Crippen LogP contribution in [-0.4, -0.2) is 41.8 Å². The van der Waals surface area contributed by atoms with Crippen LogP contribution in [0, 0.1) is 5.92 Å². The molecule has 2 rings (SSSR count). The van der Waals surface area contributed by atoms with Gasteiger partial charge >= 0.3 is 12.0 Å². The van der Waals surface area contributed by atoms with Gasteiger partial charge in [-0.2, -0.15) is 9.97 Å². The largest absolute Gasteiger partial charge is 0.467 e. The third-order valence-corrected chi connectivity index (χ3v) is 3.24. The minimum Gasteiger partial charge on any atom is -0.467 e. The fourth-order valence-electron chi connectivity index (χ4n) is 2.26. The third-order valence-electron chi connectivity index (χ3n) is 3.24. The van der Waals surface area contributed by atoms with E-state index in [4.69, 9.17) is 15.2 Å². The summed E-state index contributed by atoms with van der Waals surface area (Å²) in [4.78, 5) is 12.3. The fraction of sp³-hybridized carbons (Fsp3) is 0.727. The number of methoxy groups -OCH3 is 2. The number of nitrogens with two attached hydrogens (primary N) is 1. The van der Waals surface area contributed by atoms with E-state index in [9.17, 15) is 0 Å². The summed E-state index contributed by atoms with van der Waals surface area (Å²) >= 11 is 0. The molecule has 1 saturated carbocycles. The maximum Gasteiger partial charge on any atom is 0.324 e. The van der Waals surface area contributed by atoms with Crippen LogP contribution in [0.4, 0.5) is 5.95 Å². The van der Waals surface area contributed by atoms with Crippen LogP contribution in [0.25, 0.3) is 0 Å². The molecule has 1 fully saturated rings. The van der Waals surface area contributed by atoms with Crippen LogP contribution < -0.4 is 20.5 Å². The van der Waals surface area contributed by atoms with Crippen molar-refractivity contribution in [2.24, 2.45) is 11.7 Å². The van der Waals surface area contributed by atoms with Gasteiger partial charge in [0.15, 0.2) is 0 Å². The first-order valence-corrected chi connectivity index (χ1v) is 6.07. The summed E-state index contributed by atoms with van der Waals surface area (Å²) in [6, 6.07) is 0.796. The summed E-state index contributed by atoms with van der Waals surface area (Å²) in [6.07, 6.45) is 3.41. The molecule has 0 radical (unpaired) electrons. The van der Waals surface area contributed by atoms with Crippen molar-refractivity contribution in [3.05, 3.63) is 0 Å². The van der Waals surface area contributed by atoms with Crippen LogP contribution in [0.3, 0.4) is 0 Å². The van der Waals surface area contributed by atoms with Crippen molar-refractivity contribution in [3.63, 3.8) is 0 Å². The quantitative estimate of drug-likeness (QED) is 0.785. The smallest absolute Gasteiger partial charge is 0.324 e. The van der Waals surface area contributed by atoms with Crippen LogP contribution in [0.2, 0.25) is 0 Å². The number of rotatable bonds is 5. The second-order valence-corrected chi connectivity index (χ2v) is 4.31. The van der Waals surface area contributed by atoms with Gasteiger partial charge < -0.3 is 20.5 Å².